The van der Waals surface area contributed by atoms with E-state index in [0.717, 1.165) is 21.5 Å². The van der Waals surface area contributed by atoms with Gasteiger partial charge in [-0.1, -0.05) is 30.3 Å². The van der Waals surface area contributed by atoms with Crippen LogP contribution in [0.2, 0.25) is 0 Å². The highest BCUT2D eigenvalue weighted by Gasteiger charge is 2.19. The second-order valence-corrected chi connectivity index (χ2v) is 6.21. The Hall–Kier alpha value is -2.40. The van der Waals surface area contributed by atoms with Gasteiger partial charge in [0.05, 0.1) is 17.5 Å². The van der Waals surface area contributed by atoms with Crippen LogP contribution in [0.25, 0.3) is 21.5 Å². The number of ether oxygens (including phenoxy) is 1. The lowest BCUT2D eigenvalue weighted by Gasteiger charge is -2.06. The molecule has 3 rings (SSSR count). The molecule has 0 spiro atoms. The Morgan fingerprint density at radius 3 is 2.59 bits per heavy atom. The van der Waals surface area contributed by atoms with Crippen molar-refractivity contribution < 1.29 is 9.53 Å². The SMILES string of the molecule is CC(C)OC(=O)c1sc2nc(-c3ccccc3)ccc2c1N. The summed E-state index contributed by atoms with van der Waals surface area (Å²) in [7, 11) is 0. The summed E-state index contributed by atoms with van der Waals surface area (Å²) in [6.07, 6.45) is -0.176. The van der Waals surface area contributed by atoms with Gasteiger partial charge < -0.3 is 10.5 Å². The van der Waals surface area contributed by atoms with Crippen molar-refractivity contribution in [2.24, 2.45) is 0 Å². The summed E-state index contributed by atoms with van der Waals surface area (Å²) in [5.74, 6) is -0.392. The van der Waals surface area contributed by atoms with E-state index in [1.54, 1.807) is 0 Å². The fourth-order valence-electron chi connectivity index (χ4n) is 2.19. The van der Waals surface area contributed by atoms with Gasteiger partial charge in [0.2, 0.25) is 0 Å². The van der Waals surface area contributed by atoms with Gasteiger partial charge in [0.25, 0.3) is 0 Å². The molecule has 0 fully saturated rings. The number of thiophene rings is 1. The average Bonchev–Trinajstić information content (AvgIpc) is 2.84. The minimum Gasteiger partial charge on any atom is -0.459 e. The zero-order valence-corrected chi connectivity index (χ0v) is 13.2. The Balaban J connectivity index is 2.05. The summed E-state index contributed by atoms with van der Waals surface area (Å²) in [6, 6.07) is 13.7. The van der Waals surface area contributed by atoms with Crippen molar-refractivity contribution in [3.8, 4) is 11.3 Å². The molecule has 0 radical (unpaired) electrons. The quantitative estimate of drug-likeness (QED) is 0.739. The predicted molar refractivity (Wildman–Crippen MR) is 90.0 cm³/mol. The van der Waals surface area contributed by atoms with Crippen molar-refractivity contribution in [1.29, 1.82) is 0 Å². The molecule has 0 bridgehead atoms. The third-order valence-electron chi connectivity index (χ3n) is 3.19. The van der Waals surface area contributed by atoms with Crippen molar-refractivity contribution in [3.05, 3.63) is 47.3 Å². The van der Waals surface area contributed by atoms with E-state index in [0.29, 0.717) is 10.6 Å². The summed E-state index contributed by atoms with van der Waals surface area (Å²) in [6.45, 7) is 3.63. The van der Waals surface area contributed by atoms with Crippen LogP contribution in [0.4, 0.5) is 5.69 Å². The predicted octanol–water partition coefficient (Wildman–Crippen LogP) is 4.11. The first-order valence-electron chi connectivity index (χ1n) is 7.01. The zero-order chi connectivity index (χ0) is 15.7. The Kier molecular flexibility index (Phi) is 3.81. The van der Waals surface area contributed by atoms with Gasteiger partial charge >= 0.3 is 5.97 Å². The van der Waals surface area contributed by atoms with Gasteiger partial charge in [-0.15, -0.1) is 11.3 Å². The third kappa shape index (κ3) is 2.67. The second kappa shape index (κ2) is 5.77. The molecule has 0 saturated carbocycles. The molecular weight excluding hydrogens is 296 g/mol. The lowest BCUT2D eigenvalue weighted by molar-refractivity contribution is 0.0385. The number of esters is 1. The second-order valence-electron chi connectivity index (χ2n) is 5.21. The molecule has 22 heavy (non-hydrogen) atoms. The van der Waals surface area contributed by atoms with Gasteiger partial charge in [0.1, 0.15) is 9.71 Å². The van der Waals surface area contributed by atoms with E-state index in [1.807, 2.05) is 56.3 Å². The standard InChI is InChI=1S/C17H16N2O2S/c1-10(2)21-17(20)15-14(18)12-8-9-13(19-16(12)22-15)11-6-4-3-5-7-11/h3-10H,18H2,1-2H3. The molecule has 0 atom stereocenters. The van der Waals surface area contributed by atoms with Gasteiger partial charge in [-0.2, -0.15) is 0 Å². The zero-order valence-electron chi connectivity index (χ0n) is 12.4. The van der Waals surface area contributed by atoms with Crippen LogP contribution in [0.3, 0.4) is 0 Å². The molecule has 2 N–H and O–H groups in total. The maximum Gasteiger partial charge on any atom is 0.350 e. The third-order valence-corrected chi connectivity index (χ3v) is 4.29. The number of fused-ring (bicyclic) bond motifs is 1. The van der Waals surface area contributed by atoms with Gasteiger partial charge in [-0.25, -0.2) is 9.78 Å². The van der Waals surface area contributed by atoms with Crippen LogP contribution >= 0.6 is 11.3 Å². The van der Waals surface area contributed by atoms with Gasteiger partial charge in [0, 0.05) is 10.9 Å². The summed E-state index contributed by atoms with van der Waals surface area (Å²) in [5, 5.41) is 0.792. The van der Waals surface area contributed by atoms with Crippen molar-refractivity contribution >= 4 is 33.2 Å². The Labute approximate surface area is 132 Å². The minimum absolute atomic E-state index is 0.176. The monoisotopic (exact) mass is 312 g/mol. The van der Waals surface area contributed by atoms with Crippen LogP contribution in [0.15, 0.2) is 42.5 Å². The summed E-state index contributed by atoms with van der Waals surface area (Å²) in [4.78, 5) is 17.9. The van der Waals surface area contributed by atoms with Crippen LogP contribution in [0, 0.1) is 0 Å². The number of rotatable bonds is 3. The molecule has 3 aromatic rings. The van der Waals surface area contributed by atoms with E-state index < -0.39 is 5.97 Å². The molecule has 2 heterocycles. The molecule has 0 aliphatic heterocycles. The Morgan fingerprint density at radius 2 is 1.91 bits per heavy atom. The highest BCUT2D eigenvalue weighted by atomic mass is 32.1. The van der Waals surface area contributed by atoms with E-state index in [9.17, 15) is 4.79 Å². The van der Waals surface area contributed by atoms with Crippen molar-refractivity contribution in [3.63, 3.8) is 0 Å². The number of nitrogen functional groups attached to an aromatic ring is 1. The van der Waals surface area contributed by atoms with E-state index in [4.69, 9.17) is 10.5 Å². The number of benzene rings is 1. The molecule has 0 unspecified atom stereocenters. The Bertz CT molecular complexity index is 825. The molecule has 0 aliphatic carbocycles. The summed E-state index contributed by atoms with van der Waals surface area (Å²) < 4.78 is 5.23. The van der Waals surface area contributed by atoms with E-state index in [2.05, 4.69) is 4.98 Å². The van der Waals surface area contributed by atoms with Crippen molar-refractivity contribution in [2.75, 3.05) is 5.73 Å². The number of pyridine rings is 1. The minimum atomic E-state index is -0.392. The molecule has 0 amide bonds. The average molecular weight is 312 g/mol. The lowest BCUT2D eigenvalue weighted by Crippen LogP contribution is -2.11. The molecular formula is C17H16N2O2S. The van der Waals surface area contributed by atoms with Crippen molar-refractivity contribution in [1.82, 2.24) is 4.98 Å². The van der Waals surface area contributed by atoms with Crippen molar-refractivity contribution in [2.45, 2.75) is 20.0 Å². The number of hydrogen-bond acceptors (Lipinski definition) is 5. The number of anilines is 1. The summed E-state index contributed by atoms with van der Waals surface area (Å²) in [5.41, 5.74) is 8.41. The van der Waals surface area contributed by atoms with E-state index in [-0.39, 0.29) is 6.10 Å². The summed E-state index contributed by atoms with van der Waals surface area (Å²) >= 11 is 1.27. The van der Waals surface area contributed by atoms with Crippen LogP contribution < -0.4 is 5.73 Å². The molecule has 0 aliphatic rings. The van der Waals surface area contributed by atoms with Crippen LogP contribution in [0.1, 0.15) is 23.5 Å². The lowest BCUT2D eigenvalue weighted by atomic mass is 10.1. The largest absolute Gasteiger partial charge is 0.459 e. The normalized spacial score (nSPS) is 11.0. The molecule has 0 saturated heterocycles. The van der Waals surface area contributed by atoms with E-state index >= 15 is 0 Å². The molecule has 5 heteroatoms. The first-order valence-corrected chi connectivity index (χ1v) is 7.83. The maximum absolute atomic E-state index is 12.1. The fraction of sp³-hybridized carbons (Fsp3) is 0.176. The first kappa shape index (κ1) is 14.5. The molecule has 2 aromatic heterocycles. The molecule has 1 aromatic carbocycles. The van der Waals surface area contributed by atoms with Crippen LogP contribution in [-0.2, 0) is 4.74 Å². The number of carbonyl (C=O) groups excluding carboxylic acids is 1. The number of carbonyl (C=O) groups is 1. The number of nitrogens with two attached hydrogens (primary N) is 1. The smallest absolute Gasteiger partial charge is 0.350 e. The highest BCUT2D eigenvalue weighted by Crippen LogP contribution is 2.34. The van der Waals surface area contributed by atoms with Crippen LogP contribution in [-0.4, -0.2) is 17.1 Å². The molecule has 112 valence electrons. The topological polar surface area (TPSA) is 65.2 Å². The number of hydrogen-bond donors (Lipinski definition) is 1. The maximum atomic E-state index is 12.1. The van der Waals surface area contributed by atoms with Gasteiger partial charge in [0.15, 0.2) is 0 Å². The Morgan fingerprint density at radius 1 is 1.18 bits per heavy atom. The molecule has 4 nitrogen and oxygen atoms in total. The highest BCUT2D eigenvalue weighted by molar-refractivity contribution is 7.21. The van der Waals surface area contributed by atoms with Gasteiger partial charge in [-0.3, -0.25) is 0 Å². The fourth-order valence-corrected chi connectivity index (χ4v) is 3.16. The van der Waals surface area contributed by atoms with Crippen LogP contribution in [0.5, 0.6) is 0 Å². The first-order chi connectivity index (χ1) is 10.6. The number of nitrogens with zero attached hydrogens (tertiary/aromatic N) is 1. The number of aromatic nitrogens is 1. The van der Waals surface area contributed by atoms with Gasteiger partial charge in [-0.05, 0) is 26.0 Å². The van der Waals surface area contributed by atoms with E-state index in [1.165, 1.54) is 11.3 Å².